The Morgan fingerprint density at radius 2 is 1.83 bits per heavy atom. The van der Waals surface area contributed by atoms with E-state index >= 15 is 0 Å². The highest BCUT2D eigenvalue weighted by atomic mass is 79.9. The van der Waals surface area contributed by atoms with Gasteiger partial charge in [0.05, 0.1) is 10.7 Å². The molecule has 18 heavy (non-hydrogen) atoms. The van der Waals surface area contributed by atoms with Crippen LogP contribution in [0.3, 0.4) is 0 Å². The lowest BCUT2D eigenvalue weighted by Gasteiger charge is -2.09. The molecule has 5 heteroatoms. The van der Waals surface area contributed by atoms with Crippen molar-refractivity contribution >= 4 is 44.8 Å². The van der Waals surface area contributed by atoms with Gasteiger partial charge in [-0.05, 0) is 24.3 Å². The lowest BCUT2D eigenvalue weighted by molar-refractivity contribution is 0.306. The summed E-state index contributed by atoms with van der Waals surface area (Å²) in [5, 5.41) is 1.14. The SMILES string of the molecule is Nc1ccc(OCc2ccc(Br)cc2Cl)cc1Cl. The van der Waals surface area contributed by atoms with Crippen molar-refractivity contribution in [1.82, 2.24) is 0 Å². The van der Waals surface area contributed by atoms with Gasteiger partial charge in [0.15, 0.2) is 0 Å². The van der Waals surface area contributed by atoms with Crippen LogP contribution in [0.1, 0.15) is 5.56 Å². The van der Waals surface area contributed by atoms with E-state index in [1.54, 1.807) is 18.2 Å². The third kappa shape index (κ3) is 3.31. The first kappa shape index (κ1) is 13.5. The number of ether oxygens (including phenoxy) is 1. The van der Waals surface area contributed by atoms with Gasteiger partial charge in [-0.2, -0.15) is 0 Å². The predicted octanol–water partition coefficient (Wildman–Crippen LogP) is 4.92. The molecular weight excluding hydrogens is 337 g/mol. The fraction of sp³-hybridized carbons (Fsp3) is 0.0769. The molecule has 0 bridgehead atoms. The number of rotatable bonds is 3. The van der Waals surface area contributed by atoms with Gasteiger partial charge in [-0.15, -0.1) is 0 Å². The smallest absolute Gasteiger partial charge is 0.121 e. The normalized spacial score (nSPS) is 10.4. The summed E-state index contributed by atoms with van der Waals surface area (Å²) in [5.74, 6) is 0.660. The minimum absolute atomic E-state index is 0.381. The average molecular weight is 347 g/mol. The van der Waals surface area contributed by atoms with Gasteiger partial charge >= 0.3 is 0 Å². The maximum atomic E-state index is 6.10. The van der Waals surface area contributed by atoms with Gasteiger partial charge in [-0.3, -0.25) is 0 Å². The highest BCUT2D eigenvalue weighted by Crippen LogP contribution is 2.26. The van der Waals surface area contributed by atoms with Crippen LogP contribution in [0.4, 0.5) is 5.69 Å². The molecule has 0 unspecified atom stereocenters. The summed E-state index contributed by atoms with van der Waals surface area (Å²) in [6.07, 6.45) is 0. The second-order valence-electron chi connectivity index (χ2n) is 3.71. The molecule has 2 N–H and O–H groups in total. The van der Waals surface area contributed by atoms with Gasteiger partial charge in [0.25, 0.3) is 0 Å². The molecule has 0 saturated carbocycles. The van der Waals surface area contributed by atoms with Crippen LogP contribution >= 0.6 is 39.1 Å². The van der Waals surface area contributed by atoms with Crippen molar-refractivity contribution < 1.29 is 4.74 Å². The second kappa shape index (κ2) is 5.83. The molecule has 94 valence electrons. The van der Waals surface area contributed by atoms with Crippen molar-refractivity contribution in [2.75, 3.05) is 5.73 Å². The molecule has 0 atom stereocenters. The summed E-state index contributed by atoms with van der Waals surface area (Å²) < 4.78 is 6.55. The molecular formula is C13H10BrCl2NO. The van der Waals surface area contributed by atoms with Crippen molar-refractivity contribution in [2.24, 2.45) is 0 Å². The van der Waals surface area contributed by atoms with E-state index < -0.39 is 0 Å². The summed E-state index contributed by atoms with van der Waals surface area (Å²) in [6.45, 7) is 0.381. The summed E-state index contributed by atoms with van der Waals surface area (Å²) in [4.78, 5) is 0. The van der Waals surface area contributed by atoms with E-state index in [-0.39, 0.29) is 0 Å². The zero-order valence-corrected chi connectivity index (χ0v) is 12.4. The van der Waals surface area contributed by atoms with E-state index in [2.05, 4.69) is 15.9 Å². The van der Waals surface area contributed by atoms with Gasteiger partial charge in [0.2, 0.25) is 0 Å². The van der Waals surface area contributed by atoms with Crippen molar-refractivity contribution in [1.29, 1.82) is 0 Å². The molecule has 2 aromatic rings. The molecule has 0 aliphatic heterocycles. The first-order chi connectivity index (χ1) is 8.56. The molecule has 2 aromatic carbocycles. The molecule has 0 aliphatic carbocycles. The van der Waals surface area contributed by atoms with Gasteiger partial charge in [-0.25, -0.2) is 0 Å². The fourth-order valence-electron chi connectivity index (χ4n) is 1.40. The molecule has 0 fully saturated rings. The Morgan fingerprint density at radius 3 is 2.50 bits per heavy atom. The highest BCUT2D eigenvalue weighted by molar-refractivity contribution is 9.10. The predicted molar refractivity (Wildman–Crippen MR) is 79.3 cm³/mol. The van der Waals surface area contributed by atoms with Crippen LogP contribution in [0.25, 0.3) is 0 Å². The van der Waals surface area contributed by atoms with Gasteiger partial charge < -0.3 is 10.5 Å². The maximum absolute atomic E-state index is 6.10. The minimum atomic E-state index is 0.381. The first-order valence-electron chi connectivity index (χ1n) is 5.18. The first-order valence-corrected chi connectivity index (χ1v) is 6.73. The second-order valence-corrected chi connectivity index (χ2v) is 5.44. The van der Waals surface area contributed by atoms with E-state index in [0.29, 0.717) is 28.1 Å². The fourth-order valence-corrected chi connectivity index (χ4v) is 2.30. The van der Waals surface area contributed by atoms with Crippen LogP contribution in [-0.2, 0) is 6.61 Å². The Bertz CT molecular complexity index is 575. The van der Waals surface area contributed by atoms with E-state index in [1.807, 2.05) is 18.2 Å². The largest absolute Gasteiger partial charge is 0.489 e. The lowest BCUT2D eigenvalue weighted by atomic mass is 10.2. The number of hydrogen-bond donors (Lipinski definition) is 1. The number of benzene rings is 2. The van der Waals surface area contributed by atoms with Crippen molar-refractivity contribution in [3.05, 3.63) is 56.5 Å². The summed E-state index contributed by atoms with van der Waals surface area (Å²) in [7, 11) is 0. The van der Waals surface area contributed by atoms with Crippen LogP contribution in [0, 0.1) is 0 Å². The zero-order valence-electron chi connectivity index (χ0n) is 9.29. The number of nitrogens with two attached hydrogens (primary N) is 1. The van der Waals surface area contributed by atoms with Crippen LogP contribution in [0.5, 0.6) is 5.75 Å². The van der Waals surface area contributed by atoms with Crippen molar-refractivity contribution in [2.45, 2.75) is 6.61 Å². The van der Waals surface area contributed by atoms with Gasteiger partial charge in [0, 0.05) is 21.1 Å². The third-order valence-electron chi connectivity index (χ3n) is 2.38. The number of anilines is 1. The molecule has 0 aromatic heterocycles. The zero-order chi connectivity index (χ0) is 13.1. The molecule has 0 heterocycles. The van der Waals surface area contributed by atoms with E-state index in [0.717, 1.165) is 10.0 Å². The Labute approximate surface area is 124 Å². The molecule has 2 rings (SSSR count). The van der Waals surface area contributed by atoms with Crippen LogP contribution in [-0.4, -0.2) is 0 Å². The Kier molecular flexibility index (Phi) is 4.38. The number of hydrogen-bond acceptors (Lipinski definition) is 2. The molecule has 2 nitrogen and oxygen atoms in total. The Balaban J connectivity index is 2.09. The monoisotopic (exact) mass is 345 g/mol. The van der Waals surface area contributed by atoms with Gasteiger partial charge in [-0.1, -0.05) is 45.2 Å². The van der Waals surface area contributed by atoms with Gasteiger partial charge in [0.1, 0.15) is 12.4 Å². The topological polar surface area (TPSA) is 35.2 Å². The molecule has 0 saturated heterocycles. The highest BCUT2D eigenvalue weighted by Gasteiger charge is 2.04. The van der Waals surface area contributed by atoms with E-state index in [4.69, 9.17) is 33.7 Å². The number of nitrogen functional groups attached to an aromatic ring is 1. The maximum Gasteiger partial charge on any atom is 0.121 e. The summed E-state index contributed by atoms with van der Waals surface area (Å²) >= 11 is 15.4. The van der Waals surface area contributed by atoms with Crippen LogP contribution in [0.2, 0.25) is 10.0 Å². The van der Waals surface area contributed by atoms with Crippen molar-refractivity contribution in [3.8, 4) is 5.75 Å². The van der Waals surface area contributed by atoms with E-state index in [1.165, 1.54) is 0 Å². The molecule has 0 aliphatic rings. The van der Waals surface area contributed by atoms with Crippen LogP contribution in [0.15, 0.2) is 40.9 Å². The molecule has 0 amide bonds. The lowest BCUT2D eigenvalue weighted by Crippen LogP contribution is -1.97. The summed E-state index contributed by atoms with van der Waals surface area (Å²) in [6, 6.07) is 10.8. The summed E-state index contributed by atoms with van der Waals surface area (Å²) in [5.41, 5.74) is 7.07. The van der Waals surface area contributed by atoms with Crippen LogP contribution < -0.4 is 10.5 Å². The average Bonchev–Trinajstić information content (AvgIpc) is 2.32. The minimum Gasteiger partial charge on any atom is -0.489 e. The quantitative estimate of drug-likeness (QED) is 0.801. The van der Waals surface area contributed by atoms with Crippen molar-refractivity contribution in [3.63, 3.8) is 0 Å². The standard InChI is InChI=1S/C13H10BrCl2NO/c14-9-2-1-8(11(15)5-9)7-18-10-3-4-13(17)12(16)6-10/h1-6H,7,17H2. The third-order valence-corrected chi connectivity index (χ3v) is 3.55. The molecule has 0 spiro atoms. The number of halogens is 3. The Hall–Kier alpha value is -0.900. The Morgan fingerprint density at radius 1 is 1.06 bits per heavy atom. The van der Waals surface area contributed by atoms with E-state index in [9.17, 15) is 0 Å². The molecule has 0 radical (unpaired) electrons.